The molecule has 2 aromatic heterocycles. The highest BCUT2D eigenvalue weighted by Crippen LogP contribution is 2.26. The summed E-state index contributed by atoms with van der Waals surface area (Å²) in [4.78, 5) is 21.7. The Morgan fingerprint density at radius 3 is 2.45 bits per heavy atom. The van der Waals surface area contributed by atoms with E-state index in [9.17, 15) is 4.79 Å². The first-order chi connectivity index (χ1) is 16.1. The third-order valence-corrected chi connectivity index (χ3v) is 5.27. The third kappa shape index (κ3) is 5.23. The molecule has 0 radical (unpaired) electrons. The molecule has 0 aliphatic heterocycles. The molecule has 0 unspecified atom stereocenters. The average Bonchev–Trinajstić information content (AvgIpc) is 3.20. The van der Waals surface area contributed by atoms with Gasteiger partial charge >= 0.3 is 6.03 Å². The number of carbonyl (C=O) groups is 1. The molecular weight excluding hydrogens is 418 g/mol. The predicted molar refractivity (Wildman–Crippen MR) is 129 cm³/mol. The molecule has 33 heavy (non-hydrogen) atoms. The van der Waals surface area contributed by atoms with Gasteiger partial charge in [0.25, 0.3) is 0 Å². The first-order valence-electron chi connectivity index (χ1n) is 10.7. The second-order valence-corrected chi connectivity index (χ2v) is 7.64. The van der Waals surface area contributed by atoms with Crippen molar-refractivity contribution in [1.82, 2.24) is 19.9 Å². The number of methoxy groups -OCH3 is 2. The number of nitrogens with one attached hydrogen (secondary N) is 2. The van der Waals surface area contributed by atoms with Crippen LogP contribution in [0.1, 0.15) is 12.0 Å². The van der Waals surface area contributed by atoms with E-state index in [-0.39, 0.29) is 6.03 Å². The summed E-state index contributed by atoms with van der Waals surface area (Å²) < 4.78 is 12.6. The number of ether oxygens (including phenoxy) is 2. The van der Waals surface area contributed by atoms with Gasteiger partial charge in [0.05, 0.1) is 14.2 Å². The Bertz CT molecular complexity index is 1230. The molecule has 8 nitrogen and oxygen atoms in total. The molecule has 0 atom stereocenters. The van der Waals surface area contributed by atoms with Crippen LogP contribution in [-0.4, -0.2) is 41.3 Å². The van der Waals surface area contributed by atoms with Crippen LogP contribution in [0.4, 0.5) is 10.5 Å². The molecule has 0 saturated carbocycles. The lowest BCUT2D eigenvalue weighted by Crippen LogP contribution is -2.30. The van der Waals surface area contributed by atoms with Crippen LogP contribution in [-0.2, 0) is 6.54 Å². The van der Waals surface area contributed by atoms with Gasteiger partial charge in [0.2, 0.25) is 0 Å². The summed E-state index contributed by atoms with van der Waals surface area (Å²) in [6.07, 6.45) is 2.49. The van der Waals surface area contributed by atoms with Crippen molar-refractivity contribution in [1.29, 1.82) is 0 Å². The molecule has 4 aromatic rings. The molecule has 8 heteroatoms. The standard InChI is InChI=1S/C25H27N5O3/c1-17-7-9-18(10-8-17)23-29-22-6-4-11-26-24(22)30(23)13-5-12-27-25(31)28-19-14-20(32-2)16-21(15-19)33-3/h4,6-11,14-16H,5,12-13H2,1-3H3,(H2,27,28,31). The molecule has 170 valence electrons. The predicted octanol–water partition coefficient (Wildman–Crippen LogP) is 4.64. The summed E-state index contributed by atoms with van der Waals surface area (Å²) in [5, 5.41) is 5.71. The Balaban J connectivity index is 1.41. The van der Waals surface area contributed by atoms with E-state index in [1.165, 1.54) is 5.56 Å². The number of hydrogen-bond donors (Lipinski definition) is 2. The second-order valence-electron chi connectivity index (χ2n) is 7.64. The molecule has 2 heterocycles. The van der Waals surface area contributed by atoms with Gasteiger partial charge in [0.1, 0.15) is 22.8 Å². The Labute approximate surface area is 192 Å². The van der Waals surface area contributed by atoms with Crippen LogP contribution in [0.5, 0.6) is 11.5 Å². The van der Waals surface area contributed by atoms with Gasteiger partial charge in [-0.3, -0.25) is 0 Å². The normalized spacial score (nSPS) is 10.8. The Morgan fingerprint density at radius 2 is 1.76 bits per heavy atom. The third-order valence-electron chi connectivity index (χ3n) is 5.27. The first kappa shape index (κ1) is 22.1. The molecule has 2 N–H and O–H groups in total. The maximum absolute atomic E-state index is 12.4. The SMILES string of the molecule is COc1cc(NC(=O)NCCCn2c(-c3ccc(C)cc3)nc3cccnc32)cc(OC)c1. The number of imidazole rings is 1. The fourth-order valence-electron chi connectivity index (χ4n) is 3.59. The Kier molecular flexibility index (Phi) is 6.73. The highest BCUT2D eigenvalue weighted by Gasteiger charge is 2.13. The van der Waals surface area contributed by atoms with Crippen LogP contribution < -0.4 is 20.1 Å². The molecule has 2 aromatic carbocycles. The van der Waals surface area contributed by atoms with Crippen LogP contribution in [0.3, 0.4) is 0 Å². The largest absolute Gasteiger partial charge is 0.497 e. The highest BCUT2D eigenvalue weighted by atomic mass is 16.5. The minimum absolute atomic E-state index is 0.294. The number of aromatic nitrogens is 3. The summed E-state index contributed by atoms with van der Waals surface area (Å²) in [6, 6.07) is 17.1. The van der Waals surface area contributed by atoms with Crippen LogP contribution in [0, 0.1) is 6.92 Å². The molecular formula is C25H27N5O3. The number of pyridine rings is 1. The van der Waals surface area contributed by atoms with E-state index in [2.05, 4.69) is 51.4 Å². The Morgan fingerprint density at radius 1 is 1.03 bits per heavy atom. The number of aryl methyl sites for hydroxylation is 2. The summed E-state index contributed by atoms with van der Waals surface area (Å²) in [5.74, 6) is 2.08. The molecule has 0 bridgehead atoms. The number of hydrogen-bond acceptors (Lipinski definition) is 5. The lowest BCUT2D eigenvalue weighted by atomic mass is 10.1. The number of rotatable bonds is 8. The zero-order valence-electron chi connectivity index (χ0n) is 19.0. The summed E-state index contributed by atoms with van der Waals surface area (Å²) in [7, 11) is 3.14. The number of carbonyl (C=O) groups excluding carboxylic acids is 1. The number of benzene rings is 2. The molecule has 0 spiro atoms. The Hall–Kier alpha value is -4.07. The van der Waals surface area contributed by atoms with Crippen LogP contribution in [0.2, 0.25) is 0 Å². The van der Waals surface area contributed by atoms with Crippen molar-refractivity contribution in [2.24, 2.45) is 0 Å². The van der Waals surface area contributed by atoms with Gasteiger partial charge in [-0.15, -0.1) is 0 Å². The van der Waals surface area contributed by atoms with Gasteiger partial charge in [-0.05, 0) is 25.5 Å². The fourth-order valence-corrected chi connectivity index (χ4v) is 3.59. The van der Waals surface area contributed by atoms with Crippen LogP contribution >= 0.6 is 0 Å². The smallest absolute Gasteiger partial charge is 0.319 e. The van der Waals surface area contributed by atoms with E-state index in [1.807, 2.05) is 12.1 Å². The average molecular weight is 446 g/mol. The van der Waals surface area contributed by atoms with Crippen molar-refractivity contribution in [2.45, 2.75) is 19.9 Å². The maximum atomic E-state index is 12.4. The van der Waals surface area contributed by atoms with E-state index < -0.39 is 0 Å². The number of urea groups is 1. The van der Waals surface area contributed by atoms with Gasteiger partial charge in [-0.25, -0.2) is 14.8 Å². The lowest BCUT2D eigenvalue weighted by molar-refractivity contribution is 0.252. The molecule has 0 saturated heterocycles. The molecule has 0 fully saturated rings. The molecule has 0 aliphatic carbocycles. The fraction of sp³-hybridized carbons (Fsp3) is 0.240. The van der Waals surface area contributed by atoms with Crippen molar-refractivity contribution >= 4 is 22.9 Å². The first-order valence-corrected chi connectivity index (χ1v) is 10.7. The van der Waals surface area contributed by atoms with Crippen molar-refractivity contribution < 1.29 is 14.3 Å². The highest BCUT2D eigenvalue weighted by molar-refractivity contribution is 5.89. The summed E-state index contributed by atoms with van der Waals surface area (Å²) in [6.45, 7) is 3.23. The van der Waals surface area contributed by atoms with Gasteiger partial charge in [0, 0.05) is 48.7 Å². The molecule has 0 aliphatic rings. The zero-order valence-corrected chi connectivity index (χ0v) is 19.0. The number of anilines is 1. The summed E-state index contributed by atoms with van der Waals surface area (Å²) >= 11 is 0. The van der Waals surface area contributed by atoms with E-state index in [1.54, 1.807) is 38.6 Å². The van der Waals surface area contributed by atoms with Gasteiger partial charge in [-0.2, -0.15) is 0 Å². The van der Waals surface area contributed by atoms with E-state index in [0.717, 1.165) is 29.0 Å². The lowest BCUT2D eigenvalue weighted by Gasteiger charge is -2.12. The number of nitrogens with zero attached hydrogens (tertiary/aromatic N) is 3. The topological polar surface area (TPSA) is 90.3 Å². The van der Waals surface area contributed by atoms with Crippen LogP contribution in [0.15, 0.2) is 60.8 Å². The van der Waals surface area contributed by atoms with Crippen molar-refractivity contribution in [3.8, 4) is 22.9 Å². The minimum Gasteiger partial charge on any atom is -0.497 e. The molecule has 4 rings (SSSR count). The molecule has 2 amide bonds. The van der Waals surface area contributed by atoms with Crippen molar-refractivity contribution in [3.63, 3.8) is 0 Å². The second kappa shape index (κ2) is 10.0. The van der Waals surface area contributed by atoms with E-state index in [0.29, 0.717) is 30.3 Å². The van der Waals surface area contributed by atoms with Gasteiger partial charge < -0.3 is 24.7 Å². The number of fused-ring (bicyclic) bond motifs is 1. The maximum Gasteiger partial charge on any atom is 0.319 e. The minimum atomic E-state index is -0.294. The number of amides is 2. The van der Waals surface area contributed by atoms with E-state index in [4.69, 9.17) is 14.5 Å². The quantitative estimate of drug-likeness (QED) is 0.386. The summed E-state index contributed by atoms with van der Waals surface area (Å²) in [5.41, 5.74) is 4.52. The van der Waals surface area contributed by atoms with Gasteiger partial charge in [-0.1, -0.05) is 29.8 Å². The van der Waals surface area contributed by atoms with Gasteiger partial charge in [0.15, 0.2) is 5.65 Å². The van der Waals surface area contributed by atoms with Crippen molar-refractivity contribution in [2.75, 3.05) is 26.1 Å². The van der Waals surface area contributed by atoms with Crippen LogP contribution in [0.25, 0.3) is 22.6 Å². The zero-order chi connectivity index (χ0) is 23.2. The van der Waals surface area contributed by atoms with Crippen molar-refractivity contribution in [3.05, 3.63) is 66.4 Å². The monoisotopic (exact) mass is 445 g/mol. The van der Waals surface area contributed by atoms with E-state index >= 15 is 0 Å².